The van der Waals surface area contributed by atoms with Crippen LogP contribution in [0.25, 0.3) is 0 Å². The summed E-state index contributed by atoms with van der Waals surface area (Å²) in [5, 5.41) is 0. The summed E-state index contributed by atoms with van der Waals surface area (Å²) in [5.41, 5.74) is 1.77. The normalized spacial score (nSPS) is 32.9. The maximum absolute atomic E-state index is 6.37. The summed E-state index contributed by atoms with van der Waals surface area (Å²) in [5.74, 6) is 2.73. The quantitative estimate of drug-likeness (QED) is 0.647. The van der Waals surface area contributed by atoms with Crippen molar-refractivity contribution in [2.75, 3.05) is 6.61 Å². The van der Waals surface area contributed by atoms with Gasteiger partial charge in [0.25, 0.3) is 0 Å². The summed E-state index contributed by atoms with van der Waals surface area (Å²) < 4.78 is 6.37. The molecule has 0 spiro atoms. The van der Waals surface area contributed by atoms with Crippen LogP contribution in [0.15, 0.2) is 30.3 Å². The van der Waals surface area contributed by atoms with E-state index in [1.54, 1.807) is 0 Å². The lowest BCUT2D eigenvalue weighted by molar-refractivity contribution is -0.0270. The van der Waals surface area contributed by atoms with Crippen molar-refractivity contribution in [1.82, 2.24) is 0 Å². The number of rotatable bonds is 5. The van der Waals surface area contributed by atoms with Crippen molar-refractivity contribution in [2.45, 2.75) is 65.4 Å². The van der Waals surface area contributed by atoms with Crippen molar-refractivity contribution in [1.29, 1.82) is 0 Å². The lowest BCUT2D eigenvalue weighted by Crippen LogP contribution is -2.31. The van der Waals surface area contributed by atoms with Crippen LogP contribution in [0.4, 0.5) is 0 Å². The topological polar surface area (TPSA) is 9.23 Å². The lowest BCUT2D eigenvalue weighted by Gasteiger charge is -2.38. The molecule has 2 bridgehead atoms. The van der Waals surface area contributed by atoms with Crippen LogP contribution in [-0.2, 0) is 4.74 Å². The summed E-state index contributed by atoms with van der Waals surface area (Å²) in [6, 6.07) is 10.7. The smallest absolute Gasteiger partial charge is 0.0797 e. The third kappa shape index (κ3) is 3.56. The van der Waals surface area contributed by atoms with Gasteiger partial charge in [0.1, 0.15) is 0 Å². The molecule has 2 unspecified atom stereocenters. The van der Waals surface area contributed by atoms with Gasteiger partial charge in [-0.2, -0.15) is 0 Å². The van der Waals surface area contributed by atoms with Gasteiger partial charge in [-0.05, 0) is 74.2 Å². The van der Waals surface area contributed by atoms with E-state index in [9.17, 15) is 0 Å². The predicted octanol–water partition coefficient (Wildman–Crippen LogP) is 6.01. The fraction of sp³-hybridized carbons (Fsp3) is 0.714. The summed E-state index contributed by atoms with van der Waals surface area (Å²) in [7, 11) is 0. The lowest BCUT2D eigenvalue weighted by atomic mass is 9.71. The van der Waals surface area contributed by atoms with Gasteiger partial charge in [-0.15, -0.1) is 0 Å². The molecule has 3 aliphatic rings. The molecule has 2 atom stereocenters. The molecule has 3 aliphatic carbocycles. The highest BCUT2D eigenvalue weighted by molar-refractivity contribution is 5.16. The van der Waals surface area contributed by atoms with E-state index in [1.165, 1.54) is 44.1 Å². The Hall–Kier alpha value is -0.820. The molecule has 22 heavy (non-hydrogen) atoms. The standard InChI is InChI=1S/C21H32O/c1-16(2)20-13-18-9-11-21(14-20,12-10-18)15-22-17(3)19-7-5-4-6-8-19/h4-8,16-18,20H,9-15H2,1-3H3. The van der Waals surface area contributed by atoms with Gasteiger partial charge < -0.3 is 4.74 Å². The van der Waals surface area contributed by atoms with Gasteiger partial charge in [0.15, 0.2) is 0 Å². The Morgan fingerprint density at radius 1 is 1.09 bits per heavy atom. The van der Waals surface area contributed by atoms with Gasteiger partial charge in [0.05, 0.1) is 12.7 Å². The predicted molar refractivity (Wildman–Crippen MR) is 92.8 cm³/mol. The molecule has 4 rings (SSSR count). The molecular weight excluding hydrogens is 268 g/mol. The van der Waals surface area contributed by atoms with E-state index in [-0.39, 0.29) is 6.10 Å². The van der Waals surface area contributed by atoms with Crippen LogP contribution in [0, 0.1) is 23.2 Å². The molecule has 3 fully saturated rings. The molecule has 0 heterocycles. The van der Waals surface area contributed by atoms with Gasteiger partial charge in [0, 0.05) is 0 Å². The first kappa shape index (κ1) is 16.1. The number of benzene rings is 1. The highest BCUT2D eigenvalue weighted by Gasteiger charge is 2.42. The molecule has 1 aromatic carbocycles. The molecule has 122 valence electrons. The van der Waals surface area contributed by atoms with E-state index in [4.69, 9.17) is 4.74 Å². The van der Waals surface area contributed by atoms with Crippen molar-refractivity contribution in [3.8, 4) is 0 Å². The largest absolute Gasteiger partial charge is 0.373 e. The molecule has 0 N–H and O–H groups in total. The molecule has 0 aliphatic heterocycles. The molecule has 1 nitrogen and oxygen atoms in total. The molecule has 0 aromatic heterocycles. The van der Waals surface area contributed by atoms with Gasteiger partial charge >= 0.3 is 0 Å². The Bertz CT molecular complexity index is 456. The maximum atomic E-state index is 6.37. The average Bonchev–Trinajstić information content (AvgIpc) is 2.84. The van der Waals surface area contributed by atoms with Crippen molar-refractivity contribution in [3.63, 3.8) is 0 Å². The second kappa shape index (κ2) is 6.74. The van der Waals surface area contributed by atoms with Crippen LogP contribution in [0.3, 0.4) is 0 Å². The first-order valence-electron chi connectivity index (χ1n) is 9.24. The number of hydrogen-bond acceptors (Lipinski definition) is 1. The molecule has 3 saturated carbocycles. The second-order valence-corrected chi connectivity index (χ2v) is 8.25. The summed E-state index contributed by atoms with van der Waals surface area (Å²) in [6.07, 6.45) is 8.73. The first-order valence-corrected chi connectivity index (χ1v) is 9.24. The van der Waals surface area contributed by atoms with E-state index in [1.807, 2.05) is 0 Å². The minimum absolute atomic E-state index is 0.217. The van der Waals surface area contributed by atoms with Crippen LogP contribution in [-0.4, -0.2) is 6.61 Å². The minimum Gasteiger partial charge on any atom is -0.373 e. The third-order valence-electron chi connectivity index (χ3n) is 6.35. The average molecular weight is 300 g/mol. The number of fused-ring (bicyclic) bond motifs is 4. The SMILES string of the molecule is CC(OCC12CCC(CC1)CC(C(C)C)C2)c1ccccc1. The monoisotopic (exact) mass is 300 g/mol. The highest BCUT2D eigenvalue weighted by Crippen LogP contribution is 2.52. The fourth-order valence-electron chi connectivity index (χ4n) is 4.63. The van der Waals surface area contributed by atoms with Crippen LogP contribution < -0.4 is 0 Å². The zero-order valence-electron chi connectivity index (χ0n) is 14.6. The summed E-state index contributed by atoms with van der Waals surface area (Å²) >= 11 is 0. The van der Waals surface area contributed by atoms with Gasteiger partial charge in [-0.1, -0.05) is 44.2 Å². The van der Waals surface area contributed by atoms with E-state index in [0.717, 1.165) is 24.4 Å². The maximum Gasteiger partial charge on any atom is 0.0797 e. The Kier molecular flexibility index (Phi) is 4.92. The molecular formula is C21H32O. The summed E-state index contributed by atoms with van der Waals surface area (Å²) in [4.78, 5) is 0. The first-order chi connectivity index (χ1) is 10.6. The van der Waals surface area contributed by atoms with Gasteiger partial charge in [-0.25, -0.2) is 0 Å². The van der Waals surface area contributed by atoms with Crippen LogP contribution in [0.1, 0.15) is 71.0 Å². The van der Waals surface area contributed by atoms with E-state index in [2.05, 4.69) is 51.1 Å². The zero-order chi connectivity index (χ0) is 15.6. The third-order valence-corrected chi connectivity index (χ3v) is 6.35. The Morgan fingerprint density at radius 2 is 1.77 bits per heavy atom. The highest BCUT2D eigenvalue weighted by atomic mass is 16.5. The van der Waals surface area contributed by atoms with Crippen LogP contribution >= 0.6 is 0 Å². The Morgan fingerprint density at radius 3 is 2.41 bits per heavy atom. The number of hydrogen-bond donors (Lipinski definition) is 0. The van der Waals surface area contributed by atoms with Gasteiger partial charge in [-0.3, -0.25) is 0 Å². The summed E-state index contributed by atoms with van der Waals surface area (Å²) in [6.45, 7) is 7.99. The Balaban J connectivity index is 1.65. The van der Waals surface area contributed by atoms with E-state index >= 15 is 0 Å². The molecule has 0 saturated heterocycles. The molecule has 0 radical (unpaired) electrons. The molecule has 1 aromatic rings. The van der Waals surface area contributed by atoms with Crippen molar-refractivity contribution in [3.05, 3.63) is 35.9 Å². The van der Waals surface area contributed by atoms with E-state index in [0.29, 0.717) is 5.41 Å². The zero-order valence-corrected chi connectivity index (χ0v) is 14.6. The van der Waals surface area contributed by atoms with Crippen LogP contribution in [0.5, 0.6) is 0 Å². The van der Waals surface area contributed by atoms with Crippen molar-refractivity contribution >= 4 is 0 Å². The van der Waals surface area contributed by atoms with E-state index < -0.39 is 0 Å². The molecule has 0 amide bonds. The van der Waals surface area contributed by atoms with Gasteiger partial charge in [0.2, 0.25) is 0 Å². The van der Waals surface area contributed by atoms with Crippen molar-refractivity contribution < 1.29 is 4.74 Å². The molecule has 1 heteroatoms. The second-order valence-electron chi connectivity index (χ2n) is 8.25. The number of ether oxygens (including phenoxy) is 1. The minimum atomic E-state index is 0.217. The fourth-order valence-corrected chi connectivity index (χ4v) is 4.63. The Labute approximate surface area is 136 Å². The van der Waals surface area contributed by atoms with Crippen molar-refractivity contribution in [2.24, 2.45) is 23.2 Å². The van der Waals surface area contributed by atoms with Crippen LogP contribution in [0.2, 0.25) is 0 Å².